The van der Waals surface area contributed by atoms with E-state index in [9.17, 15) is 18.0 Å². The fourth-order valence-electron chi connectivity index (χ4n) is 2.44. The lowest BCUT2D eigenvalue weighted by Crippen LogP contribution is -2.35. The molecule has 0 aliphatic carbocycles. The van der Waals surface area contributed by atoms with Gasteiger partial charge in [-0.15, -0.1) is 0 Å². The first-order valence-electron chi connectivity index (χ1n) is 8.11. The molecule has 8 heteroatoms. The minimum Gasteiger partial charge on any atom is -0.444 e. The van der Waals surface area contributed by atoms with Gasteiger partial charge in [0.25, 0.3) is 5.91 Å². The molecule has 25 heavy (non-hydrogen) atoms. The van der Waals surface area contributed by atoms with Crippen molar-refractivity contribution >= 4 is 21.8 Å². The van der Waals surface area contributed by atoms with E-state index in [2.05, 4.69) is 10.6 Å². The van der Waals surface area contributed by atoms with Crippen LogP contribution in [0.1, 0.15) is 43.1 Å². The molecule has 1 aromatic carbocycles. The summed E-state index contributed by atoms with van der Waals surface area (Å²) in [5.41, 5.74) is 0.718. The minimum absolute atomic E-state index is 0.00334. The van der Waals surface area contributed by atoms with Gasteiger partial charge in [0.05, 0.1) is 11.5 Å². The fourth-order valence-corrected chi connectivity index (χ4v) is 4.11. The fraction of sp³-hybridized carbons (Fsp3) is 0.529. The van der Waals surface area contributed by atoms with Crippen molar-refractivity contribution in [3.05, 3.63) is 35.4 Å². The Kier molecular flexibility index (Phi) is 5.72. The molecular weight excluding hydrogens is 344 g/mol. The second kappa shape index (κ2) is 7.43. The van der Waals surface area contributed by atoms with Crippen LogP contribution in [0.5, 0.6) is 0 Å². The Morgan fingerprint density at radius 3 is 2.36 bits per heavy atom. The van der Waals surface area contributed by atoms with Crippen molar-refractivity contribution in [2.75, 3.05) is 11.5 Å². The molecule has 2 amide bonds. The first kappa shape index (κ1) is 19.2. The van der Waals surface area contributed by atoms with E-state index in [0.29, 0.717) is 12.0 Å². The Balaban J connectivity index is 1.85. The molecule has 1 saturated heterocycles. The highest BCUT2D eigenvalue weighted by atomic mass is 32.2. The molecule has 0 radical (unpaired) electrons. The van der Waals surface area contributed by atoms with Gasteiger partial charge in [-0.25, -0.2) is 13.2 Å². The van der Waals surface area contributed by atoms with Crippen LogP contribution >= 0.6 is 0 Å². The van der Waals surface area contributed by atoms with Crippen molar-refractivity contribution in [1.29, 1.82) is 0 Å². The highest BCUT2D eigenvalue weighted by Crippen LogP contribution is 2.13. The Labute approximate surface area is 148 Å². The summed E-state index contributed by atoms with van der Waals surface area (Å²) < 4.78 is 28.0. The minimum atomic E-state index is -3.03. The molecule has 0 saturated carbocycles. The van der Waals surface area contributed by atoms with Crippen molar-refractivity contribution in [2.24, 2.45) is 0 Å². The lowest BCUT2D eigenvalue weighted by Gasteiger charge is -2.19. The Morgan fingerprint density at radius 1 is 1.20 bits per heavy atom. The highest BCUT2D eigenvalue weighted by Gasteiger charge is 2.29. The van der Waals surface area contributed by atoms with Crippen LogP contribution in [0.4, 0.5) is 4.79 Å². The summed E-state index contributed by atoms with van der Waals surface area (Å²) in [6, 6.07) is 6.43. The van der Waals surface area contributed by atoms with Gasteiger partial charge in [-0.2, -0.15) is 0 Å². The van der Waals surface area contributed by atoms with Gasteiger partial charge in [-0.1, -0.05) is 12.1 Å². The molecular formula is C17H24N2O5S. The molecule has 0 spiro atoms. The van der Waals surface area contributed by atoms with Crippen molar-refractivity contribution < 1.29 is 22.7 Å². The van der Waals surface area contributed by atoms with Gasteiger partial charge in [0, 0.05) is 18.2 Å². The highest BCUT2D eigenvalue weighted by molar-refractivity contribution is 7.91. The quantitative estimate of drug-likeness (QED) is 0.841. The first-order chi connectivity index (χ1) is 11.5. The average Bonchev–Trinajstić information content (AvgIpc) is 2.83. The van der Waals surface area contributed by atoms with Gasteiger partial charge in [0.15, 0.2) is 9.84 Å². The summed E-state index contributed by atoms with van der Waals surface area (Å²) in [7, 11) is -3.03. The SMILES string of the molecule is CC(C)(C)OC(=O)NCc1ccc(C(=O)NC2CCS(=O)(=O)C2)cc1. The van der Waals surface area contributed by atoms with E-state index < -0.39 is 21.5 Å². The van der Waals surface area contributed by atoms with Gasteiger partial charge < -0.3 is 15.4 Å². The van der Waals surface area contributed by atoms with Gasteiger partial charge in [-0.3, -0.25) is 4.79 Å². The predicted molar refractivity (Wildman–Crippen MR) is 94.0 cm³/mol. The molecule has 0 bridgehead atoms. The van der Waals surface area contributed by atoms with E-state index in [0.717, 1.165) is 5.56 Å². The Hall–Kier alpha value is -2.09. The average molecular weight is 368 g/mol. The van der Waals surface area contributed by atoms with Gasteiger partial charge in [-0.05, 0) is 44.9 Å². The second-order valence-electron chi connectivity index (χ2n) is 7.13. The topological polar surface area (TPSA) is 102 Å². The van der Waals surface area contributed by atoms with Crippen molar-refractivity contribution in [3.8, 4) is 0 Å². The molecule has 1 aromatic rings. The molecule has 1 fully saturated rings. The maximum Gasteiger partial charge on any atom is 0.407 e. The summed E-state index contributed by atoms with van der Waals surface area (Å²) in [5, 5.41) is 5.38. The zero-order valence-corrected chi connectivity index (χ0v) is 15.5. The molecule has 1 heterocycles. The number of benzene rings is 1. The van der Waals surface area contributed by atoms with Crippen LogP contribution in [0.2, 0.25) is 0 Å². The summed E-state index contributed by atoms with van der Waals surface area (Å²) in [6.45, 7) is 5.65. The first-order valence-corrected chi connectivity index (χ1v) is 9.93. The Morgan fingerprint density at radius 2 is 1.84 bits per heavy atom. The molecule has 2 N–H and O–H groups in total. The molecule has 1 unspecified atom stereocenters. The van der Waals surface area contributed by atoms with Gasteiger partial charge >= 0.3 is 6.09 Å². The number of rotatable bonds is 4. The van der Waals surface area contributed by atoms with Crippen LogP contribution in [0.15, 0.2) is 24.3 Å². The van der Waals surface area contributed by atoms with Crippen molar-refractivity contribution in [1.82, 2.24) is 10.6 Å². The van der Waals surface area contributed by atoms with Crippen LogP contribution in [0, 0.1) is 0 Å². The third-order valence-electron chi connectivity index (χ3n) is 3.62. The number of hydrogen-bond acceptors (Lipinski definition) is 5. The standard InChI is InChI=1S/C17H24N2O5S/c1-17(2,3)24-16(21)18-10-12-4-6-13(7-5-12)15(20)19-14-8-9-25(22,23)11-14/h4-7,14H,8-11H2,1-3H3,(H,18,21)(H,19,20). The number of sulfone groups is 1. The number of alkyl carbamates (subject to hydrolysis) is 1. The number of carbonyl (C=O) groups excluding carboxylic acids is 2. The molecule has 0 aromatic heterocycles. The normalized spacial score (nSPS) is 19.2. The summed E-state index contributed by atoms with van der Waals surface area (Å²) in [6.07, 6.45) is -0.0526. The van der Waals surface area contributed by atoms with Crippen molar-refractivity contribution in [2.45, 2.75) is 45.4 Å². The maximum absolute atomic E-state index is 12.2. The van der Waals surface area contributed by atoms with E-state index >= 15 is 0 Å². The summed E-state index contributed by atoms with van der Waals surface area (Å²) >= 11 is 0. The van der Waals surface area contributed by atoms with E-state index in [-0.39, 0.29) is 30.0 Å². The van der Waals surface area contributed by atoms with Crippen LogP contribution in [0.3, 0.4) is 0 Å². The molecule has 1 aliphatic rings. The number of amides is 2. The monoisotopic (exact) mass is 368 g/mol. The number of nitrogens with one attached hydrogen (secondary N) is 2. The number of ether oxygens (including phenoxy) is 1. The van der Waals surface area contributed by atoms with E-state index in [1.54, 1.807) is 45.0 Å². The van der Waals surface area contributed by atoms with Crippen molar-refractivity contribution in [3.63, 3.8) is 0 Å². The zero-order chi connectivity index (χ0) is 18.7. The lowest BCUT2D eigenvalue weighted by molar-refractivity contribution is 0.0523. The maximum atomic E-state index is 12.2. The van der Waals surface area contributed by atoms with Crippen LogP contribution in [-0.4, -0.2) is 43.6 Å². The predicted octanol–water partition coefficient (Wildman–Crippen LogP) is 1.63. The van der Waals surface area contributed by atoms with Gasteiger partial charge in [0.1, 0.15) is 5.60 Å². The number of carbonyl (C=O) groups is 2. The third kappa shape index (κ3) is 6.38. The van der Waals surface area contributed by atoms with E-state index in [4.69, 9.17) is 4.74 Å². The molecule has 1 aliphatic heterocycles. The Bertz CT molecular complexity index is 735. The van der Waals surface area contributed by atoms with Gasteiger partial charge in [0.2, 0.25) is 0 Å². The van der Waals surface area contributed by atoms with E-state index in [1.165, 1.54) is 0 Å². The van der Waals surface area contributed by atoms with Crippen LogP contribution in [-0.2, 0) is 21.1 Å². The molecule has 7 nitrogen and oxygen atoms in total. The van der Waals surface area contributed by atoms with Crippen LogP contribution < -0.4 is 10.6 Å². The van der Waals surface area contributed by atoms with E-state index in [1.807, 2.05) is 0 Å². The molecule has 2 rings (SSSR count). The lowest BCUT2D eigenvalue weighted by atomic mass is 10.1. The molecule has 138 valence electrons. The summed E-state index contributed by atoms with van der Waals surface area (Å²) in [5.74, 6) is -0.183. The largest absolute Gasteiger partial charge is 0.444 e. The third-order valence-corrected chi connectivity index (χ3v) is 5.39. The number of hydrogen-bond donors (Lipinski definition) is 2. The smallest absolute Gasteiger partial charge is 0.407 e. The van der Waals surface area contributed by atoms with Crippen LogP contribution in [0.25, 0.3) is 0 Å². The second-order valence-corrected chi connectivity index (χ2v) is 9.35. The molecule has 1 atom stereocenters. The summed E-state index contributed by atoms with van der Waals surface area (Å²) in [4.78, 5) is 23.8. The zero-order valence-electron chi connectivity index (χ0n) is 14.7.